The van der Waals surface area contributed by atoms with E-state index in [1.165, 1.54) is 0 Å². The highest BCUT2D eigenvalue weighted by atomic mass is 32.2. The second-order valence-electron chi connectivity index (χ2n) is 4.56. The van der Waals surface area contributed by atoms with E-state index in [4.69, 9.17) is 10.3 Å². The Hall–Kier alpha value is -0.170. The van der Waals surface area contributed by atoms with Crippen LogP contribution in [0.3, 0.4) is 0 Å². The molecule has 96 valence electrons. The van der Waals surface area contributed by atoms with Crippen LogP contribution >= 0.6 is 0 Å². The summed E-state index contributed by atoms with van der Waals surface area (Å²) in [5.74, 6) is -0.135. The molecule has 0 radical (unpaired) electrons. The van der Waals surface area contributed by atoms with Crippen molar-refractivity contribution in [3.8, 4) is 0 Å². The molecule has 0 bridgehead atoms. The molecule has 0 unspecified atom stereocenters. The molecule has 0 atom stereocenters. The first-order valence-corrected chi connectivity index (χ1v) is 7.52. The minimum atomic E-state index is -3.78. The highest BCUT2D eigenvalue weighted by Crippen LogP contribution is 2.16. The number of hydrogen-bond acceptors (Lipinski definition) is 4. The van der Waals surface area contributed by atoms with E-state index < -0.39 is 10.1 Å². The van der Waals surface area contributed by atoms with Crippen LogP contribution in [0.25, 0.3) is 0 Å². The standard InChI is InChI=1S/C10H22N2O3S/c11-9-3-5-10(6-4-9)12-7-1-2-8-16(13,14)15/h9-10,12H,1-8,11H2,(H,13,14,15). The average molecular weight is 250 g/mol. The summed E-state index contributed by atoms with van der Waals surface area (Å²) < 4.78 is 29.4. The van der Waals surface area contributed by atoms with Crippen LogP contribution in [0.5, 0.6) is 0 Å². The van der Waals surface area contributed by atoms with Crippen molar-refractivity contribution in [3.63, 3.8) is 0 Å². The molecule has 1 aliphatic carbocycles. The molecule has 0 aromatic carbocycles. The Labute approximate surface area is 97.5 Å². The van der Waals surface area contributed by atoms with Crippen molar-refractivity contribution < 1.29 is 13.0 Å². The fourth-order valence-electron chi connectivity index (χ4n) is 2.04. The zero-order chi connectivity index (χ0) is 12.0. The van der Waals surface area contributed by atoms with Crippen molar-refractivity contribution in [2.75, 3.05) is 12.3 Å². The first-order chi connectivity index (χ1) is 7.47. The van der Waals surface area contributed by atoms with Crippen LogP contribution < -0.4 is 11.1 Å². The van der Waals surface area contributed by atoms with Gasteiger partial charge in [0.2, 0.25) is 0 Å². The summed E-state index contributed by atoms with van der Waals surface area (Å²) in [7, 11) is -3.78. The number of unbranched alkanes of at least 4 members (excludes halogenated alkanes) is 1. The molecule has 0 spiro atoms. The quantitative estimate of drug-likeness (QED) is 0.472. The Morgan fingerprint density at radius 1 is 1.19 bits per heavy atom. The van der Waals surface area contributed by atoms with Gasteiger partial charge in [-0.3, -0.25) is 4.55 Å². The Balaban J connectivity index is 1.99. The predicted octanol–water partition coefficient (Wildman–Crippen LogP) is 0.514. The van der Waals surface area contributed by atoms with Crippen LogP contribution in [0.4, 0.5) is 0 Å². The molecule has 0 aromatic heterocycles. The molecule has 0 heterocycles. The monoisotopic (exact) mass is 250 g/mol. The summed E-state index contributed by atoms with van der Waals surface area (Å²) in [5, 5.41) is 3.40. The van der Waals surface area contributed by atoms with Gasteiger partial charge in [0, 0.05) is 12.1 Å². The molecule has 0 saturated heterocycles. The minimum Gasteiger partial charge on any atom is -0.328 e. The van der Waals surface area contributed by atoms with Crippen molar-refractivity contribution >= 4 is 10.1 Å². The average Bonchev–Trinajstić information content (AvgIpc) is 2.19. The van der Waals surface area contributed by atoms with Crippen LogP contribution in [0.1, 0.15) is 38.5 Å². The fourth-order valence-corrected chi connectivity index (χ4v) is 2.61. The zero-order valence-corrected chi connectivity index (χ0v) is 10.4. The lowest BCUT2D eigenvalue weighted by Gasteiger charge is -2.26. The van der Waals surface area contributed by atoms with Gasteiger partial charge < -0.3 is 11.1 Å². The lowest BCUT2D eigenvalue weighted by molar-refractivity contribution is 0.342. The molecule has 0 aromatic rings. The summed E-state index contributed by atoms with van der Waals surface area (Å²) >= 11 is 0. The second-order valence-corrected chi connectivity index (χ2v) is 6.13. The van der Waals surface area contributed by atoms with Crippen molar-refractivity contribution in [2.45, 2.75) is 50.6 Å². The van der Waals surface area contributed by atoms with Gasteiger partial charge in [-0.1, -0.05) is 0 Å². The van der Waals surface area contributed by atoms with Gasteiger partial charge in [0.25, 0.3) is 10.1 Å². The summed E-state index contributed by atoms with van der Waals surface area (Å²) in [5.41, 5.74) is 5.80. The lowest BCUT2D eigenvalue weighted by Crippen LogP contribution is -2.37. The molecule has 6 heteroatoms. The molecule has 4 N–H and O–H groups in total. The molecule has 0 aliphatic heterocycles. The van der Waals surface area contributed by atoms with Gasteiger partial charge in [0.1, 0.15) is 0 Å². The highest BCUT2D eigenvalue weighted by molar-refractivity contribution is 7.85. The predicted molar refractivity (Wildman–Crippen MR) is 63.9 cm³/mol. The molecule has 1 saturated carbocycles. The number of nitrogens with two attached hydrogens (primary N) is 1. The minimum absolute atomic E-state index is 0.135. The molecule has 1 aliphatic rings. The molecular formula is C10H22N2O3S. The Kier molecular flexibility index (Phi) is 5.68. The first kappa shape index (κ1) is 13.9. The summed E-state index contributed by atoms with van der Waals surface area (Å²) in [6, 6.07) is 0.892. The van der Waals surface area contributed by atoms with E-state index in [0.717, 1.165) is 38.6 Å². The Morgan fingerprint density at radius 2 is 1.81 bits per heavy atom. The lowest BCUT2D eigenvalue weighted by atomic mass is 9.92. The van der Waals surface area contributed by atoms with Crippen LogP contribution in [0, 0.1) is 0 Å². The molecule has 1 rings (SSSR count). The topological polar surface area (TPSA) is 92.4 Å². The highest BCUT2D eigenvalue weighted by Gasteiger charge is 2.17. The van der Waals surface area contributed by atoms with Gasteiger partial charge in [-0.25, -0.2) is 0 Å². The summed E-state index contributed by atoms with van der Waals surface area (Å²) in [6.07, 6.45) is 5.66. The van der Waals surface area contributed by atoms with Crippen LogP contribution in [0.2, 0.25) is 0 Å². The molecule has 16 heavy (non-hydrogen) atoms. The third kappa shape index (κ3) is 6.42. The van der Waals surface area contributed by atoms with Crippen LogP contribution in [-0.4, -0.2) is 37.4 Å². The van der Waals surface area contributed by atoms with Gasteiger partial charge in [0.15, 0.2) is 0 Å². The molecule has 0 amide bonds. The van der Waals surface area contributed by atoms with Crippen molar-refractivity contribution in [2.24, 2.45) is 5.73 Å². The van der Waals surface area contributed by atoms with E-state index in [-0.39, 0.29) is 5.75 Å². The Morgan fingerprint density at radius 3 is 2.38 bits per heavy atom. The van der Waals surface area contributed by atoms with Gasteiger partial charge in [-0.2, -0.15) is 8.42 Å². The van der Waals surface area contributed by atoms with Crippen molar-refractivity contribution in [1.82, 2.24) is 5.32 Å². The van der Waals surface area contributed by atoms with Gasteiger partial charge in [0.05, 0.1) is 5.75 Å². The van der Waals surface area contributed by atoms with Gasteiger partial charge in [-0.15, -0.1) is 0 Å². The smallest absolute Gasteiger partial charge is 0.264 e. The van der Waals surface area contributed by atoms with Crippen molar-refractivity contribution in [3.05, 3.63) is 0 Å². The normalized spacial score (nSPS) is 26.9. The summed E-state index contributed by atoms with van der Waals surface area (Å²) in [6.45, 7) is 0.815. The zero-order valence-electron chi connectivity index (χ0n) is 9.56. The maximum absolute atomic E-state index is 10.5. The van der Waals surface area contributed by atoms with E-state index in [2.05, 4.69) is 5.32 Å². The maximum atomic E-state index is 10.5. The van der Waals surface area contributed by atoms with E-state index >= 15 is 0 Å². The molecular weight excluding hydrogens is 228 g/mol. The second kappa shape index (κ2) is 6.54. The summed E-state index contributed by atoms with van der Waals surface area (Å²) in [4.78, 5) is 0. The molecule has 1 fully saturated rings. The van der Waals surface area contributed by atoms with Crippen molar-refractivity contribution in [1.29, 1.82) is 0 Å². The Bertz CT molecular complexity index is 284. The van der Waals surface area contributed by atoms with E-state index in [1.54, 1.807) is 0 Å². The number of nitrogens with one attached hydrogen (secondary N) is 1. The maximum Gasteiger partial charge on any atom is 0.264 e. The largest absolute Gasteiger partial charge is 0.328 e. The van der Waals surface area contributed by atoms with Gasteiger partial charge in [-0.05, 0) is 45.1 Å². The van der Waals surface area contributed by atoms with Crippen LogP contribution in [-0.2, 0) is 10.1 Å². The SMILES string of the molecule is NC1CCC(NCCCCS(=O)(=O)O)CC1. The van der Waals surface area contributed by atoms with Crippen LogP contribution in [0.15, 0.2) is 0 Å². The number of hydrogen-bond donors (Lipinski definition) is 3. The van der Waals surface area contributed by atoms with E-state index in [1.807, 2.05) is 0 Å². The van der Waals surface area contributed by atoms with Gasteiger partial charge >= 0.3 is 0 Å². The van der Waals surface area contributed by atoms with E-state index in [9.17, 15) is 8.42 Å². The molecule has 5 nitrogen and oxygen atoms in total. The number of rotatable bonds is 6. The first-order valence-electron chi connectivity index (χ1n) is 5.91. The third-order valence-corrected chi connectivity index (χ3v) is 3.84. The third-order valence-electron chi connectivity index (χ3n) is 3.03. The fraction of sp³-hybridized carbons (Fsp3) is 1.00. The van der Waals surface area contributed by atoms with E-state index in [0.29, 0.717) is 18.5 Å².